The van der Waals surface area contributed by atoms with Gasteiger partial charge in [-0.05, 0) is 31.0 Å². The van der Waals surface area contributed by atoms with Crippen molar-refractivity contribution >= 4 is 23.2 Å². The summed E-state index contributed by atoms with van der Waals surface area (Å²) in [7, 11) is 0. The molecule has 88 valence electrons. The summed E-state index contributed by atoms with van der Waals surface area (Å²) in [5, 5.41) is 0.470. The van der Waals surface area contributed by atoms with Crippen LogP contribution < -0.4 is 10.5 Å². The molecule has 0 amide bonds. The molecule has 0 bridgehead atoms. The molecule has 2 nitrogen and oxygen atoms in total. The monoisotopic (exact) mass is 259 g/mol. The lowest BCUT2D eigenvalue weighted by Gasteiger charge is -2.11. The van der Waals surface area contributed by atoms with Crippen molar-refractivity contribution in [1.82, 2.24) is 0 Å². The van der Waals surface area contributed by atoms with Crippen molar-refractivity contribution < 1.29 is 4.74 Å². The van der Waals surface area contributed by atoms with E-state index < -0.39 is 0 Å². The van der Waals surface area contributed by atoms with Gasteiger partial charge >= 0.3 is 0 Å². The van der Waals surface area contributed by atoms with Crippen LogP contribution in [-0.2, 0) is 0 Å². The zero-order chi connectivity index (χ0) is 12.1. The zero-order valence-corrected chi connectivity index (χ0v) is 10.8. The Morgan fingerprint density at radius 2 is 2.25 bits per heavy atom. The van der Waals surface area contributed by atoms with Crippen molar-refractivity contribution in [1.29, 1.82) is 0 Å². The summed E-state index contributed by atoms with van der Waals surface area (Å²) in [6.07, 6.45) is 0. The lowest BCUT2D eigenvalue weighted by Crippen LogP contribution is -2.06. The van der Waals surface area contributed by atoms with E-state index in [0.29, 0.717) is 5.03 Å². The minimum Gasteiger partial charge on any atom is -0.488 e. The molecule has 16 heavy (non-hydrogen) atoms. The van der Waals surface area contributed by atoms with E-state index in [1.807, 2.05) is 32.0 Å². The van der Waals surface area contributed by atoms with Crippen LogP contribution in [0.4, 0.5) is 0 Å². The number of ether oxygens (including phenoxy) is 1. The minimum atomic E-state index is 0.0269. The third-order valence-corrected chi connectivity index (χ3v) is 2.80. The largest absolute Gasteiger partial charge is 0.488 e. The third-order valence-electron chi connectivity index (χ3n) is 2.21. The number of hydrogen-bond donors (Lipinski definition) is 1. The van der Waals surface area contributed by atoms with Gasteiger partial charge in [0.15, 0.2) is 0 Å². The van der Waals surface area contributed by atoms with Crippen LogP contribution in [0.1, 0.15) is 24.1 Å². The zero-order valence-electron chi connectivity index (χ0n) is 9.34. The van der Waals surface area contributed by atoms with E-state index >= 15 is 0 Å². The fraction of sp³-hybridized carbons (Fsp3) is 0.333. The highest BCUT2D eigenvalue weighted by atomic mass is 35.5. The van der Waals surface area contributed by atoms with Crippen molar-refractivity contribution in [2.45, 2.75) is 19.9 Å². The molecular weight excluding hydrogens is 245 g/mol. The molecule has 0 aliphatic carbocycles. The Bertz CT molecular complexity index is 389. The second kappa shape index (κ2) is 6.14. The first kappa shape index (κ1) is 13.4. The predicted octanol–water partition coefficient (Wildman–Crippen LogP) is 3.71. The standard InChI is InChI=1S/C12H15Cl2NO/c1-8-5-10(9(2)15)3-4-12(8)16-7-11(14)6-13/h3-6,9H,7,15H2,1-2H3/b11-6-. The molecule has 0 saturated carbocycles. The Morgan fingerprint density at radius 3 is 2.75 bits per heavy atom. The SMILES string of the molecule is Cc1cc(C(C)N)ccc1OC/C(Cl)=C/Cl. The van der Waals surface area contributed by atoms with Gasteiger partial charge in [0.05, 0.1) is 5.03 Å². The van der Waals surface area contributed by atoms with Gasteiger partial charge in [-0.25, -0.2) is 0 Å². The Kier molecular flexibility index (Phi) is 5.13. The lowest BCUT2D eigenvalue weighted by molar-refractivity contribution is 0.356. The number of aryl methyl sites for hydroxylation is 1. The normalized spacial score (nSPS) is 13.7. The molecule has 1 unspecified atom stereocenters. The van der Waals surface area contributed by atoms with Gasteiger partial charge in [-0.1, -0.05) is 35.3 Å². The van der Waals surface area contributed by atoms with E-state index in [9.17, 15) is 0 Å². The second-order valence-corrected chi connectivity index (χ2v) is 4.36. The molecule has 0 aliphatic heterocycles. The molecule has 0 radical (unpaired) electrons. The van der Waals surface area contributed by atoms with Gasteiger partial charge in [0.2, 0.25) is 0 Å². The topological polar surface area (TPSA) is 35.2 Å². The van der Waals surface area contributed by atoms with Crippen LogP contribution in [0.5, 0.6) is 5.75 Å². The van der Waals surface area contributed by atoms with E-state index in [2.05, 4.69) is 0 Å². The molecule has 1 atom stereocenters. The summed E-state index contributed by atoms with van der Waals surface area (Å²) in [5.74, 6) is 0.793. The highest BCUT2D eigenvalue weighted by Crippen LogP contribution is 2.22. The van der Waals surface area contributed by atoms with E-state index in [0.717, 1.165) is 16.9 Å². The first-order valence-electron chi connectivity index (χ1n) is 4.98. The Hall–Kier alpha value is -0.700. The number of rotatable bonds is 4. The van der Waals surface area contributed by atoms with Gasteiger partial charge in [0.1, 0.15) is 12.4 Å². The lowest BCUT2D eigenvalue weighted by atomic mass is 10.1. The van der Waals surface area contributed by atoms with Crippen LogP contribution >= 0.6 is 23.2 Å². The van der Waals surface area contributed by atoms with Crippen molar-refractivity contribution in [3.05, 3.63) is 39.9 Å². The molecule has 1 rings (SSSR count). The van der Waals surface area contributed by atoms with Crippen LogP contribution in [0.15, 0.2) is 28.8 Å². The van der Waals surface area contributed by atoms with Crippen LogP contribution in [-0.4, -0.2) is 6.61 Å². The summed E-state index contributed by atoms with van der Waals surface area (Å²) >= 11 is 11.2. The molecule has 0 heterocycles. The summed E-state index contributed by atoms with van der Waals surface area (Å²) in [4.78, 5) is 0. The van der Waals surface area contributed by atoms with E-state index in [1.165, 1.54) is 5.54 Å². The molecule has 0 aliphatic rings. The van der Waals surface area contributed by atoms with E-state index in [1.54, 1.807) is 0 Å². The molecule has 0 aromatic heterocycles. The Morgan fingerprint density at radius 1 is 1.56 bits per heavy atom. The molecule has 1 aromatic rings. The number of nitrogens with two attached hydrogens (primary N) is 1. The van der Waals surface area contributed by atoms with Gasteiger partial charge in [-0.15, -0.1) is 0 Å². The minimum absolute atomic E-state index is 0.0269. The van der Waals surface area contributed by atoms with Crippen molar-refractivity contribution in [2.24, 2.45) is 5.73 Å². The Labute approximate surface area is 106 Å². The second-order valence-electron chi connectivity index (χ2n) is 3.66. The first-order valence-corrected chi connectivity index (χ1v) is 5.79. The first-order chi connectivity index (χ1) is 7.54. The fourth-order valence-electron chi connectivity index (χ4n) is 1.30. The summed E-state index contributed by atoms with van der Waals surface area (Å²) < 4.78 is 5.50. The van der Waals surface area contributed by atoms with Gasteiger partial charge < -0.3 is 10.5 Å². The van der Waals surface area contributed by atoms with Crippen LogP contribution in [0.2, 0.25) is 0 Å². The molecule has 1 aromatic carbocycles. The average molecular weight is 260 g/mol. The van der Waals surface area contributed by atoms with Crippen LogP contribution in [0.25, 0.3) is 0 Å². The maximum Gasteiger partial charge on any atom is 0.125 e. The van der Waals surface area contributed by atoms with Crippen molar-refractivity contribution in [3.63, 3.8) is 0 Å². The molecule has 0 fully saturated rings. The van der Waals surface area contributed by atoms with Crippen LogP contribution in [0, 0.1) is 6.92 Å². The van der Waals surface area contributed by atoms with Gasteiger partial charge in [0.25, 0.3) is 0 Å². The molecule has 0 saturated heterocycles. The van der Waals surface area contributed by atoms with E-state index in [-0.39, 0.29) is 12.6 Å². The summed E-state index contributed by atoms with van der Waals surface area (Å²) in [6, 6.07) is 5.88. The maximum atomic E-state index is 5.79. The smallest absolute Gasteiger partial charge is 0.125 e. The molecule has 4 heteroatoms. The molecule has 2 N–H and O–H groups in total. The van der Waals surface area contributed by atoms with Gasteiger partial charge in [-0.3, -0.25) is 0 Å². The summed E-state index contributed by atoms with van der Waals surface area (Å²) in [6.45, 7) is 4.20. The molecule has 0 spiro atoms. The average Bonchev–Trinajstić information content (AvgIpc) is 2.26. The van der Waals surface area contributed by atoms with E-state index in [4.69, 9.17) is 33.7 Å². The predicted molar refractivity (Wildman–Crippen MR) is 69.1 cm³/mol. The molecular formula is C12H15Cl2NO. The van der Waals surface area contributed by atoms with Crippen LogP contribution in [0.3, 0.4) is 0 Å². The highest BCUT2D eigenvalue weighted by Gasteiger charge is 2.04. The maximum absolute atomic E-state index is 5.79. The Balaban J connectivity index is 2.75. The third kappa shape index (κ3) is 3.71. The quantitative estimate of drug-likeness (QED) is 0.895. The summed E-state index contributed by atoms with van der Waals surface area (Å²) in [5.41, 5.74) is 9.21. The number of benzene rings is 1. The van der Waals surface area contributed by atoms with Gasteiger partial charge in [-0.2, -0.15) is 0 Å². The number of halogens is 2. The fourth-order valence-corrected chi connectivity index (χ4v) is 1.41. The van der Waals surface area contributed by atoms with Crippen molar-refractivity contribution in [3.8, 4) is 5.75 Å². The van der Waals surface area contributed by atoms with Crippen molar-refractivity contribution in [2.75, 3.05) is 6.61 Å². The van der Waals surface area contributed by atoms with Gasteiger partial charge in [0, 0.05) is 11.6 Å². The number of hydrogen-bond acceptors (Lipinski definition) is 2. The highest BCUT2D eigenvalue weighted by molar-refractivity contribution is 6.36.